The molecule has 1 saturated heterocycles. The maximum Gasteiger partial charge on any atom is 0.0485 e. The second-order valence-electron chi connectivity index (χ2n) is 4.71. The molecule has 0 bridgehead atoms. The molecule has 0 radical (unpaired) electrons. The summed E-state index contributed by atoms with van der Waals surface area (Å²) in [6.45, 7) is 7.90. The minimum Gasteiger partial charge on any atom is -0.396 e. The lowest BCUT2D eigenvalue weighted by Gasteiger charge is -2.42. The highest BCUT2D eigenvalue weighted by Gasteiger charge is 2.35. The van der Waals surface area contributed by atoms with Crippen molar-refractivity contribution in [1.29, 1.82) is 0 Å². The fraction of sp³-hybridized carbons (Fsp3) is 1.00. The third kappa shape index (κ3) is 2.17. The first-order valence-corrected chi connectivity index (χ1v) is 4.33. The van der Waals surface area contributed by atoms with Crippen molar-refractivity contribution in [2.75, 3.05) is 13.2 Å². The van der Waals surface area contributed by atoms with E-state index in [-0.39, 0.29) is 11.0 Å². The molecule has 1 rings (SSSR count). The van der Waals surface area contributed by atoms with Crippen LogP contribution in [-0.2, 0) is 0 Å². The van der Waals surface area contributed by atoms with Gasteiger partial charge in [-0.1, -0.05) is 6.92 Å². The van der Waals surface area contributed by atoms with Gasteiger partial charge in [0.05, 0.1) is 0 Å². The highest BCUT2D eigenvalue weighted by Crippen LogP contribution is 2.34. The molecule has 2 N–H and O–H groups in total. The maximum absolute atomic E-state index is 9.15. The SMILES string of the molecule is CC1(CO)CCNC(C)(C)C1. The van der Waals surface area contributed by atoms with Gasteiger partial charge in [-0.2, -0.15) is 0 Å². The summed E-state index contributed by atoms with van der Waals surface area (Å²) in [6.07, 6.45) is 2.16. The summed E-state index contributed by atoms with van der Waals surface area (Å²) in [7, 11) is 0. The Morgan fingerprint density at radius 1 is 1.36 bits per heavy atom. The summed E-state index contributed by atoms with van der Waals surface area (Å²) < 4.78 is 0. The molecular weight excluding hydrogens is 138 g/mol. The molecule has 0 amide bonds. The Balaban J connectivity index is 2.59. The van der Waals surface area contributed by atoms with E-state index in [1.165, 1.54) is 0 Å². The molecule has 1 fully saturated rings. The molecule has 11 heavy (non-hydrogen) atoms. The van der Waals surface area contributed by atoms with Crippen LogP contribution in [0.25, 0.3) is 0 Å². The third-order valence-corrected chi connectivity index (χ3v) is 2.58. The molecule has 0 aromatic heterocycles. The van der Waals surface area contributed by atoms with E-state index in [1.54, 1.807) is 0 Å². The molecule has 1 heterocycles. The van der Waals surface area contributed by atoms with Gasteiger partial charge in [-0.05, 0) is 38.6 Å². The van der Waals surface area contributed by atoms with Gasteiger partial charge in [-0.25, -0.2) is 0 Å². The molecular formula is C9H19NO. The van der Waals surface area contributed by atoms with Crippen LogP contribution in [0, 0.1) is 5.41 Å². The van der Waals surface area contributed by atoms with Crippen molar-refractivity contribution in [3.8, 4) is 0 Å². The summed E-state index contributed by atoms with van der Waals surface area (Å²) in [5, 5.41) is 12.6. The van der Waals surface area contributed by atoms with Crippen LogP contribution in [0.2, 0.25) is 0 Å². The second-order valence-corrected chi connectivity index (χ2v) is 4.71. The van der Waals surface area contributed by atoms with Crippen molar-refractivity contribution in [2.45, 2.75) is 39.2 Å². The zero-order chi connectivity index (χ0) is 8.54. The van der Waals surface area contributed by atoms with Gasteiger partial charge < -0.3 is 10.4 Å². The van der Waals surface area contributed by atoms with Crippen LogP contribution in [0.4, 0.5) is 0 Å². The van der Waals surface area contributed by atoms with Gasteiger partial charge in [0.1, 0.15) is 0 Å². The fourth-order valence-electron chi connectivity index (χ4n) is 2.06. The Morgan fingerprint density at radius 3 is 2.36 bits per heavy atom. The Hall–Kier alpha value is -0.0800. The normalized spacial score (nSPS) is 37.1. The molecule has 2 nitrogen and oxygen atoms in total. The largest absolute Gasteiger partial charge is 0.396 e. The van der Waals surface area contributed by atoms with E-state index in [4.69, 9.17) is 5.11 Å². The highest BCUT2D eigenvalue weighted by atomic mass is 16.3. The van der Waals surface area contributed by atoms with E-state index >= 15 is 0 Å². The average molecular weight is 157 g/mol. The van der Waals surface area contributed by atoms with Crippen molar-refractivity contribution in [3.05, 3.63) is 0 Å². The summed E-state index contributed by atoms with van der Waals surface area (Å²) in [6, 6.07) is 0. The van der Waals surface area contributed by atoms with Crippen molar-refractivity contribution in [3.63, 3.8) is 0 Å². The van der Waals surface area contributed by atoms with Gasteiger partial charge in [0, 0.05) is 12.1 Å². The number of hydrogen-bond donors (Lipinski definition) is 2. The summed E-state index contributed by atoms with van der Waals surface area (Å²) >= 11 is 0. The van der Waals surface area contributed by atoms with Crippen LogP contribution >= 0.6 is 0 Å². The predicted molar refractivity (Wildman–Crippen MR) is 46.5 cm³/mol. The molecule has 0 aliphatic carbocycles. The molecule has 2 heteroatoms. The van der Waals surface area contributed by atoms with E-state index in [1.807, 2.05) is 0 Å². The molecule has 0 aromatic carbocycles. The predicted octanol–water partition coefficient (Wildman–Crippen LogP) is 1.15. The number of nitrogens with one attached hydrogen (secondary N) is 1. The van der Waals surface area contributed by atoms with Gasteiger partial charge in [0.2, 0.25) is 0 Å². The van der Waals surface area contributed by atoms with Crippen molar-refractivity contribution >= 4 is 0 Å². The molecule has 1 aliphatic rings. The van der Waals surface area contributed by atoms with Gasteiger partial charge in [-0.3, -0.25) is 0 Å². The van der Waals surface area contributed by atoms with Crippen LogP contribution in [0.15, 0.2) is 0 Å². The smallest absolute Gasteiger partial charge is 0.0485 e. The summed E-state index contributed by atoms with van der Waals surface area (Å²) in [4.78, 5) is 0. The van der Waals surface area contributed by atoms with Crippen LogP contribution in [0.3, 0.4) is 0 Å². The average Bonchev–Trinajstić information content (AvgIpc) is 1.85. The van der Waals surface area contributed by atoms with Crippen LogP contribution < -0.4 is 5.32 Å². The van der Waals surface area contributed by atoms with Gasteiger partial charge in [0.15, 0.2) is 0 Å². The Bertz CT molecular complexity index is 144. The van der Waals surface area contributed by atoms with Gasteiger partial charge in [0.25, 0.3) is 0 Å². The minimum absolute atomic E-state index is 0.148. The molecule has 1 aliphatic heterocycles. The Morgan fingerprint density at radius 2 is 2.00 bits per heavy atom. The van der Waals surface area contributed by atoms with E-state index in [2.05, 4.69) is 26.1 Å². The third-order valence-electron chi connectivity index (χ3n) is 2.58. The first-order chi connectivity index (χ1) is 4.97. The lowest BCUT2D eigenvalue weighted by atomic mass is 9.74. The molecule has 0 spiro atoms. The molecule has 0 saturated carbocycles. The zero-order valence-electron chi connectivity index (χ0n) is 7.78. The number of aliphatic hydroxyl groups is 1. The zero-order valence-corrected chi connectivity index (χ0v) is 7.78. The van der Waals surface area contributed by atoms with E-state index < -0.39 is 0 Å². The number of hydrogen-bond acceptors (Lipinski definition) is 2. The van der Waals surface area contributed by atoms with Gasteiger partial charge >= 0.3 is 0 Å². The van der Waals surface area contributed by atoms with Crippen molar-refractivity contribution in [2.24, 2.45) is 5.41 Å². The molecule has 1 atom stereocenters. The molecule has 1 unspecified atom stereocenters. The lowest BCUT2D eigenvalue weighted by Crippen LogP contribution is -2.50. The standard InChI is InChI=1S/C9H19NO/c1-8(2)6-9(3,7-11)4-5-10-8/h10-11H,4-7H2,1-3H3. The van der Waals surface area contributed by atoms with E-state index in [0.717, 1.165) is 19.4 Å². The van der Waals surface area contributed by atoms with E-state index in [0.29, 0.717) is 6.61 Å². The summed E-state index contributed by atoms with van der Waals surface area (Å²) in [5.74, 6) is 0. The van der Waals surface area contributed by atoms with Gasteiger partial charge in [-0.15, -0.1) is 0 Å². The fourth-order valence-corrected chi connectivity index (χ4v) is 2.06. The van der Waals surface area contributed by atoms with Crippen LogP contribution in [0.1, 0.15) is 33.6 Å². The monoisotopic (exact) mass is 157 g/mol. The number of aliphatic hydroxyl groups excluding tert-OH is 1. The maximum atomic E-state index is 9.15. The first kappa shape index (κ1) is 9.01. The Labute approximate surface area is 69.0 Å². The second kappa shape index (κ2) is 2.76. The van der Waals surface area contributed by atoms with Crippen molar-refractivity contribution in [1.82, 2.24) is 5.32 Å². The van der Waals surface area contributed by atoms with Crippen LogP contribution in [0.5, 0.6) is 0 Å². The number of piperidine rings is 1. The molecule has 0 aromatic rings. The Kier molecular flexibility index (Phi) is 2.26. The topological polar surface area (TPSA) is 32.3 Å². The highest BCUT2D eigenvalue weighted by molar-refractivity contribution is 4.92. The van der Waals surface area contributed by atoms with Crippen molar-refractivity contribution < 1.29 is 5.11 Å². The van der Waals surface area contributed by atoms with E-state index in [9.17, 15) is 0 Å². The number of rotatable bonds is 1. The first-order valence-electron chi connectivity index (χ1n) is 4.33. The quantitative estimate of drug-likeness (QED) is 0.598. The lowest BCUT2D eigenvalue weighted by molar-refractivity contribution is 0.0646. The minimum atomic E-state index is 0.148. The summed E-state index contributed by atoms with van der Waals surface area (Å²) in [5.41, 5.74) is 0.352. The van der Waals surface area contributed by atoms with Crippen LogP contribution in [-0.4, -0.2) is 23.8 Å². The molecule has 66 valence electrons.